The summed E-state index contributed by atoms with van der Waals surface area (Å²) in [5.74, 6) is -3.15. The van der Waals surface area contributed by atoms with Gasteiger partial charge in [-0.1, -0.05) is 24.3 Å². The van der Waals surface area contributed by atoms with Crippen LogP contribution < -0.4 is 0 Å². The summed E-state index contributed by atoms with van der Waals surface area (Å²) in [6, 6.07) is 22.5. The van der Waals surface area contributed by atoms with Gasteiger partial charge < -0.3 is 5.11 Å². The fourth-order valence-corrected chi connectivity index (χ4v) is 4.12. The zero-order chi connectivity index (χ0) is 25.1. The van der Waals surface area contributed by atoms with E-state index in [2.05, 4.69) is 19.9 Å². The number of halogens is 2. The highest BCUT2D eigenvalue weighted by molar-refractivity contribution is 5.85. The zero-order valence-corrected chi connectivity index (χ0v) is 18.6. The second kappa shape index (κ2) is 9.38. The first-order valence-corrected chi connectivity index (χ1v) is 10.8. The molecule has 0 aromatic carbocycles. The van der Waals surface area contributed by atoms with Gasteiger partial charge in [0.1, 0.15) is 11.1 Å². The van der Waals surface area contributed by atoms with Crippen LogP contribution >= 0.6 is 0 Å². The standard InChI is InChI=1S/C27H17F2N5O2/c28-24-14-13-17(25(29)34-24)18-7-5-11-22(32-18)27(20-9-1-3-15-30-20,21-10-2-4-16-31-21)23-12-6-8-19(33-23)26(35)36/h1-16H,(H,35,36). The van der Waals surface area contributed by atoms with Gasteiger partial charge in [-0.3, -0.25) is 15.0 Å². The van der Waals surface area contributed by atoms with Gasteiger partial charge in [-0.25, -0.2) is 9.78 Å². The van der Waals surface area contributed by atoms with Crippen molar-refractivity contribution in [3.63, 3.8) is 0 Å². The molecule has 7 nitrogen and oxygen atoms in total. The Bertz CT molecular complexity index is 1510. The number of hydrogen-bond acceptors (Lipinski definition) is 6. The quantitative estimate of drug-likeness (QED) is 0.351. The van der Waals surface area contributed by atoms with Gasteiger partial charge in [-0.15, -0.1) is 0 Å². The van der Waals surface area contributed by atoms with Crippen molar-refractivity contribution in [3.8, 4) is 11.3 Å². The predicted octanol–water partition coefficient (Wildman–Crippen LogP) is 4.69. The van der Waals surface area contributed by atoms with Gasteiger partial charge in [0.05, 0.1) is 34.0 Å². The number of nitrogens with zero attached hydrogens (tertiary/aromatic N) is 5. The van der Waals surface area contributed by atoms with Gasteiger partial charge in [0.25, 0.3) is 0 Å². The monoisotopic (exact) mass is 481 g/mol. The smallest absolute Gasteiger partial charge is 0.354 e. The molecule has 0 aliphatic rings. The molecule has 0 spiro atoms. The number of rotatable bonds is 6. The Morgan fingerprint density at radius 3 is 1.86 bits per heavy atom. The molecule has 0 amide bonds. The van der Waals surface area contributed by atoms with E-state index in [1.54, 1.807) is 79.1 Å². The van der Waals surface area contributed by atoms with Crippen molar-refractivity contribution >= 4 is 5.97 Å². The third-order valence-corrected chi connectivity index (χ3v) is 5.67. The summed E-state index contributed by atoms with van der Waals surface area (Å²) in [4.78, 5) is 33.4. The molecule has 1 N–H and O–H groups in total. The van der Waals surface area contributed by atoms with E-state index in [1.807, 2.05) is 0 Å². The maximum atomic E-state index is 14.6. The van der Waals surface area contributed by atoms with Crippen LogP contribution in [0.4, 0.5) is 8.78 Å². The molecule has 0 bridgehead atoms. The summed E-state index contributed by atoms with van der Waals surface area (Å²) in [7, 11) is 0. The number of aromatic nitrogens is 5. The molecule has 0 saturated heterocycles. The van der Waals surface area contributed by atoms with Crippen LogP contribution in [-0.4, -0.2) is 36.0 Å². The predicted molar refractivity (Wildman–Crippen MR) is 126 cm³/mol. The maximum absolute atomic E-state index is 14.6. The lowest BCUT2D eigenvalue weighted by Crippen LogP contribution is -2.35. The number of carboxylic acids is 1. The van der Waals surface area contributed by atoms with Crippen molar-refractivity contribution in [2.45, 2.75) is 5.41 Å². The molecule has 0 aliphatic heterocycles. The minimum atomic E-state index is -1.37. The molecule has 0 aliphatic carbocycles. The normalized spacial score (nSPS) is 11.3. The van der Waals surface area contributed by atoms with Gasteiger partial charge in [-0.2, -0.15) is 13.8 Å². The molecule has 176 valence electrons. The van der Waals surface area contributed by atoms with E-state index in [0.29, 0.717) is 22.8 Å². The van der Waals surface area contributed by atoms with Crippen molar-refractivity contribution in [3.05, 3.63) is 138 Å². The van der Waals surface area contributed by atoms with Crippen LogP contribution in [0, 0.1) is 11.9 Å². The maximum Gasteiger partial charge on any atom is 0.354 e. The summed E-state index contributed by atoms with van der Waals surface area (Å²) in [6.07, 6.45) is 3.20. The second-order valence-electron chi connectivity index (χ2n) is 7.77. The molecule has 9 heteroatoms. The zero-order valence-electron chi connectivity index (χ0n) is 18.6. The largest absolute Gasteiger partial charge is 0.477 e. The summed E-state index contributed by atoms with van der Waals surface area (Å²) in [6.45, 7) is 0. The third-order valence-electron chi connectivity index (χ3n) is 5.67. The minimum absolute atomic E-state index is 0.00133. The van der Waals surface area contributed by atoms with Gasteiger partial charge >= 0.3 is 5.97 Å². The van der Waals surface area contributed by atoms with E-state index in [9.17, 15) is 18.7 Å². The molecule has 0 fully saturated rings. The Balaban J connectivity index is 1.87. The lowest BCUT2D eigenvalue weighted by atomic mass is 9.73. The molecular weight excluding hydrogens is 464 g/mol. The fraction of sp³-hybridized carbons (Fsp3) is 0.0370. The number of carboxylic acid groups (broad SMARTS) is 1. The van der Waals surface area contributed by atoms with Crippen LogP contribution in [-0.2, 0) is 5.41 Å². The van der Waals surface area contributed by atoms with Gasteiger partial charge in [0.15, 0.2) is 0 Å². The highest BCUT2D eigenvalue weighted by Crippen LogP contribution is 2.42. The first kappa shape index (κ1) is 22.9. The van der Waals surface area contributed by atoms with E-state index in [4.69, 9.17) is 4.98 Å². The Morgan fingerprint density at radius 1 is 0.667 bits per heavy atom. The Morgan fingerprint density at radius 2 is 1.28 bits per heavy atom. The topological polar surface area (TPSA) is 102 Å². The van der Waals surface area contributed by atoms with E-state index in [1.165, 1.54) is 12.1 Å². The molecular formula is C27H17F2N5O2. The first-order chi connectivity index (χ1) is 17.5. The minimum Gasteiger partial charge on any atom is -0.477 e. The number of aromatic carboxylic acids is 1. The molecule has 0 atom stereocenters. The summed E-state index contributed by atoms with van der Waals surface area (Å²) in [5.41, 5.74) is 0.271. The molecule has 0 unspecified atom stereocenters. The first-order valence-electron chi connectivity index (χ1n) is 10.8. The van der Waals surface area contributed by atoms with E-state index in [-0.39, 0.29) is 17.0 Å². The van der Waals surface area contributed by atoms with E-state index in [0.717, 1.165) is 6.07 Å². The van der Waals surface area contributed by atoms with Crippen LogP contribution in [0.1, 0.15) is 33.3 Å². The molecule has 5 heterocycles. The van der Waals surface area contributed by atoms with Crippen molar-refractivity contribution < 1.29 is 18.7 Å². The van der Waals surface area contributed by atoms with Crippen molar-refractivity contribution in [2.75, 3.05) is 0 Å². The van der Waals surface area contributed by atoms with E-state index < -0.39 is 23.3 Å². The van der Waals surface area contributed by atoms with Crippen molar-refractivity contribution in [1.29, 1.82) is 0 Å². The van der Waals surface area contributed by atoms with Crippen LogP contribution in [0.25, 0.3) is 11.3 Å². The third kappa shape index (κ3) is 3.96. The van der Waals surface area contributed by atoms with Crippen LogP contribution in [0.15, 0.2) is 97.3 Å². The molecule has 5 aromatic rings. The number of carbonyl (C=O) groups is 1. The van der Waals surface area contributed by atoms with Gasteiger partial charge in [0.2, 0.25) is 11.9 Å². The Labute approximate surface area is 204 Å². The molecule has 5 aromatic heterocycles. The second-order valence-corrected chi connectivity index (χ2v) is 7.77. The molecule has 0 saturated carbocycles. The van der Waals surface area contributed by atoms with Gasteiger partial charge in [-0.05, 0) is 60.7 Å². The number of hydrogen-bond donors (Lipinski definition) is 1. The molecule has 36 heavy (non-hydrogen) atoms. The SMILES string of the molecule is O=C(O)c1cccc(C(c2ccccn2)(c2ccccn2)c2cccc(-c3ccc(F)nc3F)n2)n1. The Hall–Kier alpha value is -4.92. The van der Waals surface area contributed by atoms with Crippen LogP contribution in [0.5, 0.6) is 0 Å². The average molecular weight is 481 g/mol. The van der Waals surface area contributed by atoms with E-state index >= 15 is 0 Å². The molecule has 5 rings (SSSR count). The Kier molecular flexibility index (Phi) is 5.95. The highest BCUT2D eigenvalue weighted by Gasteiger charge is 2.44. The van der Waals surface area contributed by atoms with Crippen LogP contribution in [0.3, 0.4) is 0 Å². The fourth-order valence-electron chi connectivity index (χ4n) is 4.12. The lowest BCUT2D eigenvalue weighted by molar-refractivity contribution is 0.0690. The average Bonchev–Trinajstić information content (AvgIpc) is 2.91. The highest BCUT2D eigenvalue weighted by atomic mass is 19.1. The molecule has 0 radical (unpaired) electrons. The summed E-state index contributed by atoms with van der Waals surface area (Å²) >= 11 is 0. The summed E-state index contributed by atoms with van der Waals surface area (Å²) < 4.78 is 28.0. The van der Waals surface area contributed by atoms with Crippen LogP contribution in [0.2, 0.25) is 0 Å². The van der Waals surface area contributed by atoms with Gasteiger partial charge in [0, 0.05) is 12.4 Å². The van der Waals surface area contributed by atoms with Crippen molar-refractivity contribution in [1.82, 2.24) is 24.9 Å². The lowest BCUT2D eigenvalue weighted by Gasteiger charge is -2.32. The number of pyridine rings is 5. The summed E-state index contributed by atoms with van der Waals surface area (Å²) in [5, 5.41) is 9.64. The van der Waals surface area contributed by atoms with Crippen molar-refractivity contribution in [2.24, 2.45) is 0 Å².